The molecule has 1 heterocycles. The Balaban J connectivity index is 1.64. The molecule has 0 saturated heterocycles. The van der Waals surface area contributed by atoms with Crippen LogP contribution in [0, 0.1) is 0 Å². The molecule has 0 spiro atoms. The predicted molar refractivity (Wildman–Crippen MR) is 106 cm³/mol. The fraction of sp³-hybridized carbons (Fsp3) is 0.105. The summed E-state index contributed by atoms with van der Waals surface area (Å²) < 4.78 is 0. The van der Waals surface area contributed by atoms with Crippen LogP contribution in [0.2, 0.25) is 5.02 Å². The molecule has 7 heteroatoms. The molecule has 0 saturated carbocycles. The van der Waals surface area contributed by atoms with E-state index in [0.717, 1.165) is 10.6 Å². The zero-order valence-corrected chi connectivity index (χ0v) is 15.5. The quantitative estimate of drug-likeness (QED) is 0.674. The van der Waals surface area contributed by atoms with Gasteiger partial charge in [-0.2, -0.15) is 0 Å². The lowest BCUT2D eigenvalue weighted by Crippen LogP contribution is -2.15. The zero-order valence-electron chi connectivity index (χ0n) is 14.0. The Morgan fingerprint density at radius 3 is 2.46 bits per heavy atom. The molecule has 3 aromatic rings. The molecule has 2 aromatic carbocycles. The highest BCUT2D eigenvalue weighted by atomic mass is 35.5. The normalized spacial score (nSPS) is 10.4. The Labute approximate surface area is 160 Å². The van der Waals surface area contributed by atoms with Crippen LogP contribution in [0.4, 0.5) is 11.4 Å². The number of carbonyl (C=O) groups excluding carboxylic acids is 2. The molecule has 0 atom stereocenters. The van der Waals surface area contributed by atoms with Crippen LogP contribution in [0.1, 0.15) is 12.6 Å². The standard InChI is InChI=1S/C19H16ClN3O2S/c1-12(24)21-15-3-2-4-16(9-15)22-18(25)10-17-11-26-19(23-17)13-5-7-14(20)8-6-13/h2-9,11H,10H2,1H3,(H,21,24)(H,22,25). The number of anilines is 2. The minimum atomic E-state index is -0.169. The van der Waals surface area contributed by atoms with Gasteiger partial charge >= 0.3 is 0 Å². The van der Waals surface area contributed by atoms with Crippen LogP contribution in [-0.4, -0.2) is 16.8 Å². The maximum atomic E-state index is 12.3. The molecule has 0 bridgehead atoms. The van der Waals surface area contributed by atoms with Crippen molar-refractivity contribution in [3.8, 4) is 10.6 Å². The SMILES string of the molecule is CC(=O)Nc1cccc(NC(=O)Cc2csc(-c3ccc(Cl)cc3)n2)c1. The number of amides is 2. The van der Waals surface area contributed by atoms with E-state index in [4.69, 9.17) is 11.6 Å². The third-order valence-corrected chi connectivity index (χ3v) is 4.64. The van der Waals surface area contributed by atoms with E-state index in [9.17, 15) is 9.59 Å². The number of hydrogen-bond donors (Lipinski definition) is 2. The second-order valence-electron chi connectivity index (χ2n) is 5.64. The molecule has 0 aliphatic rings. The molecular formula is C19H16ClN3O2S. The smallest absolute Gasteiger partial charge is 0.230 e. The van der Waals surface area contributed by atoms with Gasteiger partial charge in [0.1, 0.15) is 5.01 Å². The lowest BCUT2D eigenvalue weighted by molar-refractivity contribution is -0.116. The molecule has 5 nitrogen and oxygen atoms in total. The lowest BCUT2D eigenvalue weighted by atomic mass is 10.2. The van der Waals surface area contributed by atoms with Gasteiger partial charge in [0, 0.05) is 34.3 Å². The monoisotopic (exact) mass is 385 g/mol. The van der Waals surface area contributed by atoms with E-state index in [-0.39, 0.29) is 18.2 Å². The second kappa shape index (κ2) is 8.12. The molecule has 0 fully saturated rings. The molecule has 0 unspecified atom stereocenters. The summed E-state index contributed by atoms with van der Waals surface area (Å²) >= 11 is 7.38. The summed E-state index contributed by atoms with van der Waals surface area (Å²) in [5, 5.41) is 8.89. The summed E-state index contributed by atoms with van der Waals surface area (Å²) in [5.74, 6) is -0.330. The van der Waals surface area contributed by atoms with Crippen molar-refractivity contribution in [2.24, 2.45) is 0 Å². The minimum Gasteiger partial charge on any atom is -0.326 e. The van der Waals surface area contributed by atoms with Gasteiger partial charge in [-0.1, -0.05) is 29.8 Å². The molecule has 132 valence electrons. The van der Waals surface area contributed by atoms with Crippen molar-refractivity contribution in [3.05, 3.63) is 64.6 Å². The highest BCUT2D eigenvalue weighted by molar-refractivity contribution is 7.13. The number of hydrogen-bond acceptors (Lipinski definition) is 4. The molecule has 0 aliphatic heterocycles. The van der Waals surface area contributed by atoms with Crippen molar-refractivity contribution in [3.63, 3.8) is 0 Å². The molecule has 3 rings (SSSR count). The first-order valence-electron chi connectivity index (χ1n) is 7.87. The molecule has 2 N–H and O–H groups in total. The Morgan fingerprint density at radius 2 is 1.77 bits per heavy atom. The Morgan fingerprint density at radius 1 is 1.08 bits per heavy atom. The minimum absolute atomic E-state index is 0.161. The number of carbonyl (C=O) groups is 2. The number of aromatic nitrogens is 1. The van der Waals surface area contributed by atoms with Crippen LogP contribution in [0.5, 0.6) is 0 Å². The van der Waals surface area contributed by atoms with Crippen molar-refractivity contribution < 1.29 is 9.59 Å². The highest BCUT2D eigenvalue weighted by Crippen LogP contribution is 2.25. The fourth-order valence-electron chi connectivity index (χ4n) is 2.36. The number of nitrogens with zero attached hydrogens (tertiary/aromatic N) is 1. The number of rotatable bonds is 5. The maximum Gasteiger partial charge on any atom is 0.230 e. The van der Waals surface area contributed by atoms with Gasteiger partial charge in [0.25, 0.3) is 0 Å². The molecule has 1 aromatic heterocycles. The molecule has 0 radical (unpaired) electrons. The van der Waals surface area contributed by atoms with Crippen LogP contribution in [0.3, 0.4) is 0 Å². The number of halogens is 1. The predicted octanol–water partition coefficient (Wildman–Crippen LogP) is 4.60. The molecule has 0 aliphatic carbocycles. The summed E-state index contributed by atoms with van der Waals surface area (Å²) in [6.45, 7) is 1.44. The zero-order chi connectivity index (χ0) is 18.5. The van der Waals surface area contributed by atoms with Gasteiger partial charge in [-0.15, -0.1) is 11.3 Å². The van der Waals surface area contributed by atoms with Crippen LogP contribution >= 0.6 is 22.9 Å². The first-order valence-corrected chi connectivity index (χ1v) is 9.13. The Kier molecular flexibility index (Phi) is 5.65. The Bertz CT molecular complexity index is 938. The molecule has 2 amide bonds. The topological polar surface area (TPSA) is 71.1 Å². The van der Waals surface area contributed by atoms with E-state index in [1.807, 2.05) is 29.6 Å². The van der Waals surface area contributed by atoms with Gasteiger partial charge in [-0.25, -0.2) is 4.98 Å². The molecular weight excluding hydrogens is 370 g/mol. The van der Waals surface area contributed by atoms with Gasteiger partial charge in [-0.05, 0) is 30.3 Å². The van der Waals surface area contributed by atoms with Crippen molar-refractivity contribution in [1.82, 2.24) is 4.98 Å². The third-order valence-electron chi connectivity index (χ3n) is 3.45. The van der Waals surface area contributed by atoms with E-state index in [0.29, 0.717) is 22.1 Å². The number of thiazole rings is 1. The van der Waals surface area contributed by atoms with Gasteiger partial charge in [0.15, 0.2) is 0 Å². The van der Waals surface area contributed by atoms with Crippen molar-refractivity contribution >= 4 is 46.1 Å². The van der Waals surface area contributed by atoms with Crippen molar-refractivity contribution in [1.29, 1.82) is 0 Å². The van der Waals surface area contributed by atoms with Gasteiger partial charge < -0.3 is 10.6 Å². The van der Waals surface area contributed by atoms with Gasteiger partial charge in [0.2, 0.25) is 11.8 Å². The summed E-state index contributed by atoms with van der Waals surface area (Å²) in [4.78, 5) is 27.9. The Hall–Kier alpha value is -2.70. The second-order valence-corrected chi connectivity index (χ2v) is 6.93. The van der Waals surface area contributed by atoms with Crippen LogP contribution in [0.15, 0.2) is 53.9 Å². The first-order chi connectivity index (χ1) is 12.5. The van der Waals surface area contributed by atoms with E-state index < -0.39 is 0 Å². The van der Waals surface area contributed by atoms with E-state index in [1.165, 1.54) is 18.3 Å². The summed E-state index contributed by atoms with van der Waals surface area (Å²) in [7, 11) is 0. The number of nitrogens with one attached hydrogen (secondary N) is 2. The average molecular weight is 386 g/mol. The maximum absolute atomic E-state index is 12.3. The van der Waals surface area contributed by atoms with Crippen molar-refractivity contribution in [2.45, 2.75) is 13.3 Å². The average Bonchev–Trinajstić information content (AvgIpc) is 3.03. The fourth-order valence-corrected chi connectivity index (χ4v) is 3.31. The summed E-state index contributed by atoms with van der Waals surface area (Å²) in [6, 6.07) is 14.4. The first kappa shape index (κ1) is 18.1. The van der Waals surface area contributed by atoms with Crippen molar-refractivity contribution in [2.75, 3.05) is 10.6 Å². The third kappa shape index (κ3) is 4.91. The largest absolute Gasteiger partial charge is 0.326 e. The van der Waals surface area contributed by atoms with E-state index in [1.54, 1.807) is 24.3 Å². The molecule has 26 heavy (non-hydrogen) atoms. The summed E-state index contributed by atoms with van der Waals surface area (Å²) in [6.07, 6.45) is 0.175. The van der Waals surface area contributed by atoms with Gasteiger partial charge in [0.05, 0.1) is 12.1 Å². The van der Waals surface area contributed by atoms with E-state index in [2.05, 4.69) is 15.6 Å². The number of benzene rings is 2. The van der Waals surface area contributed by atoms with Crippen LogP contribution < -0.4 is 10.6 Å². The van der Waals surface area contributed by atoms with Crippen LogP contribution in [0.25, 0.3) is 10.6 Å². The highest BCUT2D eigenvalue weighted by Gasteiger charge is 2.10. The van der Waals surface area contributed by atoms with E-state index >= 15 is 0 Å². The lowest BCUT2D eigenvalue weighted by Gasteiger charge is -2.07. The van der Waals surface area contributed by atoms with Gasteiger partial charge in [-0.3, -0.25) is 9.59 Å². The van der Waals surface area contributed by atoms with Crippen LogP contribution in [-0.2, 0) is 16.0 Å². The summed E-state index contributed by atoms with van der Waals surface area (Å²) in [5.41, 5.74) is 2.92.